The number of nitrogens with zero attached hydrogens (tertiary/aromatic N) is 1. The van der Waals surface area contributed by atoms with Crippen LogP contribution in [0.2, 0.25) is 0 Å². The third kappa shape index (κ3) is 1.82. The Morgan fingerprint density at radius 3 is 2.75 bits per heavy atom. The Morgan fingerprint density at radius 2 is 2.25 bits per heavy atom. The zero-order valence-electron chi connectivity index (χ0n) is 6.10. The molecule has 66 valence electrons. The van der Waals surface area contributed by atoms with Gasteiger partial charge in [-0.25, -0.2) is 13.8 Å². The fourth-order valence-corrected chi connectivity index (χ4v) is 1.05. The molecule has 0 aromatic carbocycles. The van der Waals surface area contributed by atoms with E-state index in [4.69, 9.17) is 17.3 Å². The highest BCUT2D eigenvalue weighted by atomic mass is 35.5. The minimum absolute atomic E-state index is 0.0208. The molecule has 1 aromatic rings. The van der Waals surface area contributed by atoms with Crippen LogP contribution < -0.4 is 5.73 Å². The molecule has 0 aliphatic carbocycles. The van der Waals surface area contributed by atoms with Crippen molar-refractivity contribution in [1.29, 1.82) is 0 Å². The lowest BCUT2D eigenvalue weighted by Gasteiger charge is -2.05. The number of rotatable bonds is 2. The standard InChI is InChI=1S/C7H7ClF2N2/c8-2-4-3-12-6(11)1-5(4)7(9)10/h1,3,7H,2H2,(H2,11,12). The first-order valence-corrected chi connectivity index (χ1v) is 3.77. The van der Waals surface area contributed by atoms with E-state index < -0.39 is 6.43 Å². The average Bonchev–Trinajstić information content (AvgIpc) is 2.04. The van der Waals surface area contributed by atoms with Gasteiger partial charge in [0.2, 0.25) is 0 Å². The lowest BCUT2D eigenvalue weighted by Crippen LogP contribution is -1.97. The Hall–Kier alpha value is -0.900. The molecule has 1 heterocycles. The van der Waals surface area contributed by atoms with Crippen LogP contribution in [0.25, 0.3) is 0 Å². The van der Waals surface area contributed by atoms with E-state index in [1.807, 2.05) is 0 Å². The summed E-state index contributed by atoms with van der Waals surface area (Å²) in [5, 5.41) is 0. The van der Waals surface area contributed by atoms with E-state index in [2.05, 4.69) is 4.98 Å². The van der Waals surface area contributed by atoms with Crippen molar-refractivity contribution in [2.45, 2.75) is 12.3 Å². The smallest absolute Gasteiger partial charge is 0.264 e. The van der Waals surface area contributed by atoms with Crippen molar-refractivity contribution in [2.75, 3.05) is 5.73 Å². The summed E-state index contributed by atoms with van der Waals surface area (Å²) < 4.78 is 24.5. The Bertz CT molecular complexity index is 278. The van der Waals surface area contributed by atoms with Crippen LogP contribution in [0.1, 0.15) is 17.6 Å². The highest BCUT2D eigenvalue weighted by molar-refractivity contribution is 6.17. The predicted octanol–water partition coefficient (Wildman–Crippen LogP) is 2.34. The van der Waals surface area contributed by atoms with Crippen molar-refractivity contribution in [3.8, 4) is 0 Å². The average molecular weight is 193 g/mol. The topological polar surface area (TPSA) is 38.9 Å². The molecule has 0 atom stereocenters. The second-order valence-corrected chi connectivity index (χ2v) is 2.51. The van der Waals surface area contributed by atoms with Gasteiger partial charge in [-0.3, -0.25) is 0 Å². The summed E-state index contributed by atoms with van der Waals surface area (Å²) in [5.74, 6) is 0.103. The fourth-order valence-electron chi connectivity index (χ4n) is 0.831. The van der Waals surface area contributed by atoms with Crippen LogP contribution in [0.5, 0.6) is 0 Å². The SMILES string of the molecule is Nc1cc(C(F)F)c(CCl)cn1. The van der Waals surface area contributed by atoms with Crippen LogP contribution in [-0.4, -0.2) is 4.98 Å². The van der Waals surface area contributed by atoms with Gasteiger partial charge in [-0.2, -0.15) is 0 Å². The van der Waals surface area contributed by atoms with Crippen molar-refractivity contribution < 1.29 is 8.78 Å². The second-order valence-electron chi connectivity index (χ2n) is 2.24. The lowest BCUT2D eigenvalue weighted by atomic mass is 10.1. The third-order valence-corrected chi connectivity index (χ3v) is 1.71. The molecule has 1 rings (SSSR count). The summed E-state index contributed by atoms with van der Waals surface area (Å²) in [4.78, 5) is 3.65. The molecule has 2 N–H and O–H groups in total. The first-order chi connectivity index (χ1) is 5.65. The number of pyridine rings is 1. The van der Waals surface area contributed by atoms with Crippen LogP contribution in [0.3, 0.4) is 0 Å². The van der Waals surface area contributed by atoms with E-state index in [9.17, 15) is 8.78 Å². The van der Waals surface area contributed by atoms with Crippen LogP contribution in [0, 0.1) is 0 Å². The number of hydrogen-bond acceptors (Lipinski definition) is 2. The van der Waals surface area contributed by atoms with Gasteiger partial charge < -0.3 is 5.73 Å². The Labute approximate surface area is 73.4 Å². The minimum Gasteiger partial charge on any atom is -0.384 e. The number of hydrogen-bond donors (Lipinski definition) is 1. The van der Waals surface area contributed by atoms with E-state index in [0.29, 0.717) is 5.56 Å². The first-order valence-electron chi connectivity index (χ1n) is 3.23. The third-order valence-electron chi connectivity index (χ3n) is 1.42. The zero-order valence-corrected chi connectivity index (χ0v) is 6.85. The van der Waals surface area contributed by atoms with Gasteiger partial charge in [0.1, 0.15) is 5.82 Å². The molecule has 0 spiro atoms. The molecule has 0 saturated carbocycles. The molecule has 0 saturated heterocycles. The van der Waals surface area contributed by atoms with Crippen LogP contribution >= 0.6 is 11.6 Å². The quantitative estimate of drug-likeness (QED) is 0.731. The van der Waals surface area contributed by atoms with E-state index in [-0.39, 0.29) is 17.3 Å². The van der Waals surface area contributed by atoms with Gasteiger partial charge in [0, 0.05) is 17.6 Å². The van der Waals surface area contributed by atoms with Crippen LogP contribution in [0.4, 0.5) is 14.6 Å². The molecule has 0 radical (unpaired) electrons. The molecule has 12 heavy (non-hydrogen) atoms. The minimum atomic E-state index is -2.55. The fraction of sp³-hybridized carbons (Fsp3) is 0.286. The molecule has 0 amide bonds. The van der Waals surface area contributed by atoms with Crippen molar-refractivity contribution in [2.24, 2.45) is 0 Å². The van der Waals surface area contributed by atoms with E-state index in [1.165, 1.54) is 6.20 Å². The largest absolute Gasteiger partial charge is 0.384 e. The molecule has 0 bridgehead atoms. The molecule has 1 aromatic heterocycles. The van der Waals surface area contributed by atoms with Gasteiger partial charge in [-0.15, -0.1) is 11.6 Å². The van der Waals surface area contributed by atoms with Crippen molar-refractivity contribution >= 4 is 17.4 Å². The molecule has 0 aliphatic heterocycles. The van der Waals surface area contributed by atoms with Crippen molar-refractivity contribution in [1.82, 2.24) is 4.98 Å². The van der Waals surface area contributed by atoms with Crippen LogP contribution in [-0.2, 0) is 5.88 Å². The van der Waals surface area contributed by atoms with Crippen LogP contribution in [0.15, 0.2) is 12.3 Å². The van der Waals surface area contributed by atoms with E-state index in [1.54, 1.807) is 0 Å². The lowest BCUT2D eigenvalue weighted by molar-refractivity contribution is 0.150. The Morgan fingerprint density at radius 1 is 1.58 bits per heavy atom. The Balaban J connectivity index is 3.12. The summed E-state index contributed by atoms with van der Waals surface area (Å²) >= 11 is 5.41. The van der Waals surface area contributed by atoms with Gasteiger partial charge in [-0.05, 0) is 11.6 Å². The second kappa shape index (κ2) is 3.67. The number of halogens is 3. The molecule has 0 aliphatic rings. The summed E-state index contributed by atoms with van der Waals surface area (Å²) in [7, 11) is 0. The molecule has 5 heteroatoms. The maximum absolute atomic E-state index is 12.3. The molecular weight excluding hydrogens is 186 g/mol. The number of aromatic nitrogens is 1. The summed E-state index contributed by atoms with van der Waals surface area (Å²) in [6.07, 6.45) is -1.28. The van der Waals surface area contributed by atoms with E-state index >= 15 is 0 Å². The maximum atomic E-state index is 12.3. The van der Waals surface area contributed by atoms with Gasteiger partial charge in [-0.1, -0.05) is 0 Å². The molecule has 2 nitrogen and oxygen atoms in total. The summed E-state index contributed by atoms with van der Waals surface area (Å²) in [6.45, 7) is 0. The molecule has 0 fully saturated rings. The van der Waals surface area contributed by atoms with Gasteiger partial charge in [0.25, 0.3) is 6.43 Å². The zero-order chi connectivity index (χ0) is 9.14. The number of nitrogen functional groups attached to an aromatic ring is 1. The highest BCUT2D eigenvalue weighted by Gasteiger charge is 2.12. The normalized spacial score (nSPS) is 10.7. The van der Waals surface area contributed by atoms with Gasteiger partial charge >= 0.3 is 0 Å². The monoisotopic (exact) mass is 192 g/mol. The summed E-state index contributed by atoms with van der Waals surface area (Å²) in [6, 6.07) is 1.14. The summed E-state index contributed by atoms with van der Waals surface area (Å²) in [5.41, 5.74) is 5.41. The first kappa shape index (κ1) is 9.19. The Kier molecular flexibility index (Phi) is 2.81. The molecular formula is C7H7ClF2N2. The number of anilines is 1. The highest BCUT2D eigenvalue weighted by Crippen LogP contribution is 2.24. The molecule has 0 unspecified atom stereocenters. The van der Waals surface area contributed by atoms with Gasteiger partial charge in [0.05, 0.1) is 0 Å². The van der Waals surface area contributed by atoms with Gasteiger partial charge in [0.15, 0.2) is 0 Å². The number of nitrogens with two attached hydrogens (primary N) is 1. The predicted molar refractivity (Wildman–Crippen MR) is 43.2 cm³/mol. The van der Waals surface area contributed by atoms with Crippen molar-refractivity contribution in [3.05, 3.63) is 23.4 Å². The van der Waals surface area contributed by atoms with Crippen molar-refractivity contribution in [3.63, 3.8) is 0 Å². The maximum Gasteiger partial charge on any atom is 0.264 e. The van der Waals surface area contributed by atoms with E-state index in [0.717, 1.165) is 6.07 Å². The number of alkyl halides is 3.